The van der Waals surface area contributed by atoms with Crippen molar-refractivity contribution in [3.63, 3.8) is 0 Å². The fourth-order valence-corrected chi connectivity index (χ4v) is 1.82. The highest BCUT2D eigenvalue weighted by molar-refractivity contribution is 5.65. The third-order valence-electron chi connectivity index (χ3n) is 2.55. The second-order valence-electron chi connectivity index (χ2n) is 3.80. The van der Waals surface area contributed by atoms with Gasteiger partial charge in [0, 0.05) is 12.0 Å². The van der Waals surface area contributed by atoms with E-state index < -0.39 is 0 Å². The monoisotopic (exact) mass is 200 g/mol. The van der Waals surface area contributed by atoms with Crippen molar-refractivity contribution in [1.82, 2.24) is 0 Å². The number of rotatable bonds is 3. The summed E-state index contributed by atoms with van der Waals surface area (Å²) in [6.07, 6.45) is 2.15. The minimum atomic E-state index is 1.02. The van der Waals surface area contributed by atoms with E-state index in [1.807, 2.05) is 13.0 Å². The number of hydrogen-bond donors (Lipinski definition) is 0. The zero-order valence-corrected chi connectivity index (χ0v) is 9.29. The molecule has 0 aliphatic carbocycles. The minimum absolute atomic E-state index is 1.02. The van der Waals surface area contributed by atoms with Crippen molar-refractivity contribution in [2.45, 2.75) is 26.7 Å². The Kier molecular flexibility index (Phi) is 2.91. The van der Waals surface area contributed by atoms with Gasteiger partial charge in [-0.05, 0) is 25.0 Å². The molecule has 0 saturated heterocycles. The maximum absolute atomic E-state index is 5.71. The summed E-state index contributed by atoms with van der Waals surface area (Å²) in [5.74, 6) is 2.11. The quantitative estimate of drug-likeness (QED) is 0.723. The van der Waals surface area contributed by atoms with Crippen LogP contribution in [0.25, 0.3) is 11.1 Å². The van der Waals surface area contributed by atoms with E-state index in [0.717, 1.165) is 24.4 Å². The maximum Gasteiger partial charge on any atom is 0.108 e. The third kappa shape index (κ3) is 2.12. The predicted octanol–water partition coefficient (Wildman–Crippen LogP) is 4.21. The number of aryl methyl sites for hydroxylation is 2. The molecule has 0 unspecified atom stereocenters. The highest BCUT2D eigenvalue weighted by Crippen LogP contribution is 2.26. The van der Waals surface area contributed by atoms with Crippen LogP contribution in [0, 0.1) is 6.92 Å². The largest absolute Gasteiger partial charge is 0.466 e. The summed E-state index contributed by atoms with van der Waals surface area (Å²) in [4.78, 5) is 0. The fourth-order valence-electron chi connectivity index (χ4n) is 1.82. The van der Waals surface area contributed by atoms with Gasteiger partial charge in [0.25, 0.3) is 0 Å². The first-order valence-electron chi connectivity index (χ1n) is 5.46. The SMILES string of the molecule is CCCc1cc(-c2ccccc2)c(C)o1. The van der Waals surface area contributed by atoms with Gasteiger partial charge in [-0.1, -0.05) is 37.3 Å². The summed E-state index contributed by atoms with van der Waals surface area (Å²) in [7, 11) is 0. The van der Waals surface area contributed by atoms with Gasteiger partial charge >= 0.3 is 0 Å². The number of hydrogen-bond acceptors (Lipinski definition) is 1. The predicted molar refractivity (Wildman–Crippen MR) is 62.9 cm³/mol. The van der Waals surface area contributed by atoms with Crippen LogP contribution in [0.2, 0.25) is 0 Å². The van der Waals surface area contributed by atoms with E-state index in [9.17, 15) is 0 Å². The smallest absolute Gasteiger partial charge is 0.108 e. The van der Waals surface area contributed by atoms with Gasteiger partial charge in [-0.3, -0.25) is 0 Å². The van der Waals surface area contributed by atoms with Crippen molar-refractivity contribution in [3.05, 3.63) is 47.9 Å². The molecule has 0 aliphatic heterocycles. The molecule has 0 aliphatic rings. The van der Waals surface area contributed by atoms with E-state index in [2.05, 4.69) is 37.3 Å². The van der Waals surface area contributed by atoms with Gasteiger partial charge in [0.05, 0.1) is 0 Å². The number of furan rings is 1. The highest BCUT2D eigenvalue weighted by atomic mass is 16.3. The van der Waals surface area contributed by atoms with Gasteiger partial charge in [-0.25, -0.2) is 0 Å². The molecule has 1 heterocycles. The molecule has 78 valence electrons. The Morgan fingerprint density at radius 2 is 1.87 bits per heavy atom. The minimum Gasteiger partial charge on any atom is -0.466 e. The molecule has 0 radical (unpaired) electrons. The fraction of sp³-hybridized carbons (Fsp3) is 0.286. The summed E-state index contributed by atoms with van der Waals surface area (Å²) in [5, 5.41) is 0. The third-order valence-corrected chi connectivity index (χ3v) is 2.55. The molecular weight excluding hydrogens is 184 g/mol. The first-order chi connectivity index (χ1) is 7.31. The molecule has 1 heteroatoms. The summed E-state index contributed by atoms with van der Waals surface area (Å²) < 4.78 is 5.71. The Bertz CT molecular complexity index is 426. The number of benzene rings is 1. The lowest BCUT2D eigenvalue weighted by Gasteiger charge is -1.96. The Hall–Kier alpha value is -1.50. The van der Waals surface area contributed by atoms with E-state index in [1.165, 1.54) is 11.1 Å². The van der Waals surface area contributed by atoms with E-state index in [4.69, 9.17) is 4.42 Å². The molecule has 1 nitrogen and oxygen atoms in total. The zero-order valence-electron chi connectivity index (χ0n) is 9.29. The van der Waals surface area contributed by atoms with Crippen molar-refractivity contribution in [1.29, 1.82) is 0 Å². The molecule has 0 N–H and O–H groups in total. The molecule has 0 saturated carbocycles. The Morgan fingerprint density at radius 3 is 2.53 bits per heavy atom. The van der Waals surface area contributed by atoms with Crippen LogP contribution >= 0.6 is 0 Å². The lowest BCUT2D eigenvalue weighted by Crippen LogP contribution is -1.76. The Morgan fingerprint density at radius 1 is 1.13 bits per heavy atom. The van der Waals surface area contributed by atoms with Crippen LogP contribution in [0.1, 0.15) is 24.9 Å². The van der Waals surface area contributed by atoms with Gasteiger partial charge in [0.1, 0.15) is 11.5 Å². The second kappa shape index (κ2) is 4.35. The van der Waals surface area contributed by atoms with Gasteiger partial charge < -0.3 is 4.42 Å². The van der Waals surface area contributed by atoms with Crippen molar-refractivity contribution < 1.29 is 4.42 Å². The topological polar surface area (TPSA) is 13.1 Å². The average Bonchev–Trinajstić information content (AvgIpc) is 2.61. The molecule has 1 aromatic carbocycles. The van der Waals surface area contributed by atoms with E-state index in [0.29, 0.717) is 0 Å². The van der Waals surface area contributed by atoms with Crippen LogP contribution in [0.4, 0.5) is 0 Å². The van der Waals surface area contributed by atoms with Crippen LogP contribution < -0.4 is 0 Å². The van der Waals surface area contributed by atoms with Gasteiger partial charge in [0.2, 0.25) is 0 Å². The van der Waals surface area contributed by atoms with E-state index >= 15 is 0 Å². The first-order valence-corrected chi connectivity index (χ1v) is 5.46. The maximum atomic E-state index is 5.71. The van der Waals surface area contributed by atoms with Crippen molar-refractivity contribution in [3.8, 4) is 11.1 Å². The second-order valence-corrected chi connectivity index (χ2v) is 3.80. The molecular formula is C14H16O. The molecule has 0 bridgehead atoms. The van der Waals surface area contributed by atoms with Crippen molar-refractivity contribution in [2.75, 3.05) is 0 Å². The Labute approximate surface area is 90.7 Å². The van der Waals surface area contributed by atoms with Crippen LogP contribution in [-0.2, 0) is 6.42 Å². The lowest BCUT2D eigenvalue weighted by molar-refractivity contribution is 0.481. The molecule has 2 aromatic rings. The van der Waals surface area contributed by atoms with Crippen LogP contribution in [0.5, 0.6) is 0 Å². The van der Waals surface area contributed by atoms with Crippen molar-refractivity contribution in [2.24, 2.45) is 0 Å². The zero-order chi connectivity index (χ0) is 10.7. The standard InChI is InChI=1S/C14H16O/c1-3-7-13-10-14(11(2)15-13)12-8-5-4-6-9-12/h4-6,8-10H,3,7H2,1-2H3. The van der Waals surface area contributed by atoms with E-state index in [1.54, 1.807) is 0 Å². The summed E-state index contributed by atoms with van der Waals surface area (Å²) in [6.45, 7) is 4.20. The van der Waals surface area contributed by atoms with Gasteiger partial charge in [-0.15, -0.1) is 0 Å². The Balaban J connectivity index is 2.36. The summed E-state index contributed by atoms with van der Waals surface area (Å²) in [5.41, 5.74) is 2.46. The molecule has 0 fully saturated rings. The van der Waals surface area contributed by atoms with Crippen LogP contribution in [0.15, 0.2) is 40.8 Å². The van der Waals surface area contributed by atoms with Crippen LogP contribution in [-0.4, -0.2) is 0 Å². The average molecular weight is 200 g/mol. The molecule has 2 rings (SSSR count). The summed E-state index contributed by atoms with van der Waals surface area (Å²) in [6, 6.07) is 12.5. The lowest BCUT2D eigenvalue weighted by atomic mass is 10.1. The molecule has 0 amide bonds. The van der Waals surface area contributed by atoms with E-state index in [-0.39, 0.29) is 0 Å². The van der Waals surface area contributed by atoms with Gasteiger partial charge in [-0.2, -0.15) is 0 Å². The van der Waals surface area contributed by atoms with Crippen molar-refractivity contribution >= 4 is 0 Å². The first kappa shape index (κ1) is 10.0. The molecule has 0 spiro atoms. The molecule has 15 heavy (non-hydrogen) atoms. The normalized spacial score (nSPS) is 10.5. The van der Waals surface area contributed by atoms with Gasteiger partial charge in [0.15, 0.2) is 0 Å². The molecule has 0 atom stereocenters. The summed E-state index contributed by atoms with van der Waals surface area (Å²) >= 11 is 0. The van der Waals surface area contributed by atoms with Crippen LogP contribution in [0.3, 0.4) is 0 Å². The molecule has 1 aromatic heterocycles. The highest BCUT2D eigenvalue weighted by Gasteiger charge is 2.07.